The van der Waals surface area contributed by atoms with Crippen molar-refractivity contribution in [2.24, 2.45) is 7.05 Å². The first-order valence-corrected chi connectivity index (χ1v) is 8.86. The molecule has 0 atom stereocenters. The van der Waals surface area contributed by atoms with Gasteiger partial charge in [0.25, 0.3) is 5.56 Å². The first kappa shape index (κ1) is 18.0. The number of carbonyl (C=O) groups excluding carboxylic acids is 1. The van der Waals surface area contributed by atoms with Crippen LogP contribution in [0.5, 0.6) is 0 Å². The number of benzene rings is 2. The summed E-state index contributed by atoms with van der Waals surface area (Å²) in [6.07, 6.45) is 0. The number of halogens is 1. The molecule has 2 N–H and O–H groups in total. The van der Waals surface area contributed by atoms with Gasteiger partial charge in [0, 0.05) is 17.2 Å². The van der Waals surface area contributed by atoms with Gasteiger partial charge in [0.2, 0.25) is 0 Å². The average Bonchev–Trinajstić information content (AvgIpc) is 2.82. The molecule has 0 unspecified atom stereocenters. The lowest BCUT2D eigenvalue weighted by Crippen LogP contribution is -2.25. The van der Waals surface area contributed by atoms with E-state index in [0.717, 1.165) is 15.7 Å². The molecule has 0 aliphatic heterocycles. The molecule has 2 amide bonds. The molecule has 0 aliphatic rings. The lowest BCUT2D eigenvalue weighted by molar-refractivity contribution is 0.262. The van der Waals surface area contributed by atoms with Crippen molar-refractivity contribution >= 4 is 33.3 Å². The summed E-state index contributed by atoms with van der Waals surface area (Å²) in [7, 11) is 1.78. The minimum absolute atomic E-state index is 0.252. The maximum atomic E-state index is 12.8. The second-order valence-corrected chi connectivity index (χ2v) is 6.83. The van der Waals surface area contributed by atoms with Crippen molar-refractivity contribution in [3.8, 4) is 5.69 Å². The van der Waals surface area contributed by atoms with Crippen LogP contribution >= 0.6 is 15.9 Å². The first-order valence-electron chi connectivity index (χ1n) is 8.06. The summed E-state index contributed by atoms with van der Waals surface area (Å²) in [5, 5.41) is 5.43. The van der Waals surface area contributed by atoms with E-state index in [-0.39, 0.29) is 11.2 Å². The van der Waals surface area contributed by atoms with E-state index < -0.39 is 6.03 Å². The van der Waals surface area contributed by atoms with Crippen LogP contribution in [0.1, 0.15) is 11.3 Å². The van der Waals surface area contributed by atoms with E-state index in [4.69, 9.17) is 0 Å². The molecular formula is C19H19BrN4O2. The highest BCUT2D eigenvalue weighted by atomic mass is 79.9. The molecule has 0 saturated heterocycles. The summed E-state index contributed by atoms with van der Waals surface area (Å²) < 4.78 is 4.21. The van der Waals surface area contributed by atoms with E-state index in [1.54, 1.807) is 24.7 Å². The Morgan fingerprint density at radius 3 is 2.38 bits per heavy atom. The smallest absolute Gasteiger partial charge is 0.308 e. The van der Waals surface area contributed by atoms with Crippen molar-refractivity contribution in [2.45, 2.75) is 13.8 Å². The second kappa shape index (κ2) is 7.21. The standard InChI is InChI=1S/C19H19BrN4O2/c1-12-11-14(9-10-16(12)20)21-19(26)22-17-13(2)23(3)24(18(17)25)15-7-5-4-6-8-15/h4-11H,1-3H3,(H2,21,22,26). The quantitative estimate of drug-likeness (QED) is 0.674. The molecule has 3 rings (SSSR count). The Balaban J connectivity index is 1.87. The lowest BCUT2D eigenvalue weighted by Gasteiger charge is -2.08. The number of amides is 2. The molecule has 1 heterocycles. The third-order valence-electron chi connectivity index (χ3n) is 4.21. The van der Waals surface area contributed by atoms with Crippen LogP contribution in [0.3, 0.4) is 0 Å². The number of carbonyl (C=O) groups is 1. The Hall–Kier alpha value is -2.80. The first-order chi connectivity index (χ1) is 12.4. The van der Waals surface area contributed by atoms with Gasteiger partial charge in [-0.1, -0.05) is 34.1 Å². The van der Waals surface area contributed by atoms with Crippen molar-refractivity contribution in [1.82, 2.24) is 9.36 Å². The van der Waals surface area contributed by atoms with Crippen LogP contribution in [0, 0.1) is 13.8 Å². The monoisotopic (exact) mass is 414 g/mol. The van der Waals surface area contributed by atoms with Gasteiger partial charge in [-0.05, 0) is 49.7 Å². The Bertz CT molecular complexity index is 1020. The van der Waals surface area contributed by atoms with E-state index in [1.807, 2.05) is 49.4 Å². The number of nitrogens with zero attached hydrogens (tertiary/aromatic N) is 2. The molecule has 134 valence electrons. The van der Waals surface area contributed by atoms with Crippen LogP contribution in [0.2, 0.25) is 0 Å². The fourth-order valence-electron chi connectivity index (χ4n) is 2.71. The molecule has 0 bridgehead atoms. The van der Waals surface area contributed by atoms with Crippen molar-refractivity contribution in [2.75, 3.05) is 10.6 Å². The Morgan fingerprint density at radius 2 is 1.73 bits per heavy atom. The van der Waals surface area contributed by atoms with Gasteiger partial charge in [-0.3, -0.25) is 9.48 Å². The summed E-state index contributed by atoms with van der Waals surface area (Å²) in [4.78, 5) is 25.1. The van der Waals surface area contributed by atoms with Crippen molar-refractivity contribution in [3.63, 3.8) is 0 Å². The molecule has 1 aromatic heterocycles. The molecule has 0 radical (unpaired) electrons. The topological polar surface area (TPSA) is 68.1 Å². The number of rotatable bonds is 3. The number of hydrogen-bond acceptors (Lipinski definition) is 2. The summed E-state index contributed by atoms with van der Waals surface area (Å²) in [5.74, 6) is 0. The van der Waals surface area contributed by atoms with Crippen LogP contribution < -0.4 is 16.2 Å². The molecule has 2 aromatic carbocycles. The molecule has 0 fully saturated rings. The predicted molar refractivity (Wildman–Crippen MR) is 107 cm³/mol. The number of para-hydroxylation sites is 1. The summed E-state index contributed by atoms with van der Waals surface area (Å²) in [5.41, 5.74) is 3.03. The van der Waals surface area contributed by atoms with Gasteiger partial charge in [0.05, 0.1) is 11.4 Å². The van der Waals surface area contributed by atoms with Gasteiger partial charge in [0.15, 0.2) is 0 Å². The van der Waals surface area contributed by atoms with Crippen LogP contribution in [0.15, 0.2) is 57.8 Å². The van der Waals surface area contributed by atoms with Gasteiger partial charge < -0.3 is 10.6 Å². The largest absolute Gasteiger partial charge is 0.323 e. The number of aromatic nitrogens is 2. The van der Waals surface area contributed by atoms with E-state index in [9.17, 15) is 9.59 Å². The van der Waals surface area contributed by atoms with Crippen LogP contribution in [0.4, 0.5) is 16.2 Å². The summed E-state index contributed by atoms with van der Waals surface area (Å²) in [6.45, 7) is 3.73. The van der Waals surface area contributed by atoms with Crippen LogP contribution in [-0.2, 0) is 7.05 Å². The highest BCUT2D eigenvalue weighted by Crippen LogP contribution is 2.20. The van der Waals surface area contributed by atoms with Gasteiger partial charge in [-0.15, -0.1) is 0 Å². The maximum absolute atomic E-state index is 12.8. The lowest BCUT2D eigenvalue weighted by atomic mass is 10.2. The number of anilines is 2. The minimum Gasteiger partial charge on any atom is -0.308 e. The van der Waals surface area contributed by atoms with Crippen molar-refractivity contribution in [1.29, 1.82) is 0 Å². The Kier molecular flexibility index (Phi) is 4.99. The molecule has 26 heavy (non-hydrogen) atoms. The average molecular weight is 415 g/mol. The van der Waals surface area contributed by atoms with Crippen molar-refractivity contribution in [3.05, 3.63) is 74.6 Å². The van der Waals surface area contributed by atoms with Gasteiger partial charge >= 0.3 is 6.03 Å². The Morgan fingerprint density at radius 1 is 1.04 bits per heavy atom. The molecule has 6 nitrogen and oxygen atoms in total. The zero-order chi connectivity index (χ0) is 18.8. The fourth-order valence-corrected chi connectivity index (χ4v) is 2.96. The zero-order valence-corrected chi connectivity index (χ0v) is 16.3. The van der Waals surface area contributed by atoms with E-state index >= 15 is 0 Å². The molecule has 3 aromatic rings. The number of hydrogen-bond donors (Lipinski definition) is 2. The molecule has 7 heteroatoms. The summed E-state index contributed by atoms with van der Waals surface area (Å²) >= 11 is 3.43. The molecular weight excluding hydrogens is 396 g/mol. The highest BCUT2D eigenvalue weighted by molar-refractivity contribution is 9.10. The Labute approximate surface area is 159 Å². The van der Waals surface area contributed by atoms with Crippen molar-refractivity contribution < 1.29 is 4.79 Å². The highest BCUT2D eigenvalue weighted by Gasteiger charge is 2.18. The van der Waals surface area contributed by atoms with Gasteiger partial charge in [-0.25, -0.2) is 9.48 Å². The zero-order valence-electron chi connectivity index (χ0n) is 14.7. The van der Waals surface area contributed by atoms with Crippen LogP contribution in [-0.4, -0.2) is 15.4 Å². The van der Waals surface area contributed by atoms with E-state index in [1.165, 1.54) is 4.68 Å². The number of urea groups is 1. The van der Waals surface area contributed by atoms with Gasteiger partial charge in [-0.2, -0.15) is 0 Å². The SMILES string of the molecule is Cc1cc(NC(=O)Nc2c(C)n(C)n(-c3ccccc3)c2=O)ccc1Br. The van der Waals surface area contributed by atoms with E-state index in [0.29, 0.717) is 11.4 Å². The molecule has 0 spiro atoms. The minimum atomic E-state index is -0.460. The number of nitrogens with one attached hydrogen (secondary N) is 2. The fraction of sp³-hybridized carbons (Fsp3) is 0.158. The number of aryl methyl sites for hydroxylation is 1. The summed E-state index contributed by atoms with van der Waals surface area (Å²) in [6, 6.07) is 14.3. The van der Waals surface area contributed by atoms with Gasteiger partial charge in [0.1, 0.15) is 5.69 Å². The molecule has 0 aliphatic carbocycles. The van der Waals surface area contributed by atoms with Crippen LogP contribution in [0.25, 0.3) is 5.69 Å². The molecule has 0 saturated carbocycles. The van der Waals surface area contributed by atoms with E-state index in [2.05, 4.69) is 26.6 Å². The third-order valence-corrected chi connectivity index (χ3v) is 5.10. The third kappa shape index (κ3) is 3.43. The maximum Gasteiger partial charge on any atom is 0.323 e. The predicted octanol–water partition coefficient (Wildman–Crippen LogP) is 4.20. The second-order valence-electron chi connectivity index (χ2n) is 5.98. The normalized spacial score (nSPS) is 10.6.